The largest absolute Gasteiger partial charge is 0.493 e. The highest BCUT2D eigenvalue weighted by molar-refractivity contribution is 9.10. The van der Waals surface area contributed by atoms with Gasteiger partial charge in [0, 0.05) is 15.4 Å². The average molecular weight is 454 g/mol. The van der Waals surface area contributed by atoms with E-state index in [1.54, 1.807) is 20.3 Å². The number of ether oxygens (including phenoxy) is 2. The summed E-state index contributed by atoms with van der Waals surface area (Å²) in [6, 6.07) is 9.50. The lowest BCUT2D eigenvalue weighted by molar-refractivity contribution is -0.137. The first-order chi connectivity index (χ1) is 13.3. The van der Waals surface area contributed by atoms with E-state index in [2.05, 4.69) is 31.4 Å². The molecule has 0 fully saturated rings. The van der Waals surface area contributed by atoms with Crippen LogP contribution in [-0.4, -0.2) is 24.4 Å². The number of anilines is 2. The normalized spacial score (nSPS) is 11.9. The van der Waals surface area contributed by atoms with Crippen molar-refractivity contribution in [1.82, 2.24) is 10.2 Å². The van der Waals surface area contributed by atoms with Gasteiger partial charge in [-0.15, -0.1) is 0 Å². The maximum Gasteiger partial charge on any atom is 0.418 e. The molecule has 4 rings (SSSR count). The molecule has 1 heterocycles. The van der Waals surface area contributed by atoms with Gasteiger partial charge in [-0.25, -0.2) is 0 Å². The summed E-state index contributed by atoms with van der Waals surface area (Å²) in [5.74, 6) is 1.57. The van der Waals surface area contributed by atoms with Crippen LogP contribution in [0.1, 0.15) is 5.56 Å². The fourth-order valence-electron chi connectivity index (χ4n) is 3.22. The van der Waals surface area contributed by atoms with Gasteiger partial charge in [0.1, 0.15) is 5.82 Å². The Hall–Kier alpha value is -2.81. The number of rotatable bonds is 4. The molecule has 0 spiro atoms. The summed E-state index contributed by atoms with van der Waals surface area (Å²) < 4.78 is 51.2. The number of methoxy groups -OCH3 is 2. The van der Waals surface area contributed by atoms with E-state index < -0.39 is 11.7 Å². The molecule has 146 valence electrons. The molecule has 0 bridgehead atoms. The van der Waals surface area contributed by atoms with Crippen LogP contribution >= 0.6 is 15.9 Å². The highest BCUT2D eigenvalue weighted by atomic mass is 79.9. The average Bonchev–Trinajstić information content (AvgIpc) is 3.20. The van der Waals surface area contributed by atoms with Gasteiger partial charge in [-0.3, -0.25) is 10.2 Å². The molecule has 0 radical (unpaired) electrons. The molecule has 2 aliphatic rings. The Bertz CT molecular complexity index is 1130. The number of aromatic amines is 2. The molecule has 1 aliphatic heterocycles. The predicted molar refractivity (Wildman–Crippen MR) is 105 cm³/mol. The van der Waals surface area contributed by atoms with Gasteiger partial charge in [0.2, 0.25) is 0 Å². The second kappa shape index (κ2) is 6.66. The zero-order valence-corrected chi connectivity index (χ0v) is 16.4. The van der Waals surface area contributed by atoms with Crippen molar-refractivity contribution in [3.05, 3.63) is 46.4 Å². The fraction of sp³-hybridized carbons (Fsp3) is 0.158. The van der Waals surface area contributed by atoms with Crippen molar-refractivity contribution in [3.8, 4) is 22.8 Å². The zero-order chi connectivity index (χ0) is 20.1. The predicted octanol–water partition coefficient (Wildman–Crippen LogP) is 6.14. The minimum Gasteiger partial charge on any atom is -0.493 e. The van der Waals surface area contributed by atoms with E-state index in [4.69, 9.17) is 9.47 Å². The molecule has 1 aliphatic carbocycles. The second-order valence-corrected chi connectivity index (χ2v) is 7.08. The Morgan fingerprint density at radius 3 is 2.36 bits per heavy atom. The number of fused-ring (bicyclic) bond motifs is 3. The molecule has 0 saturated heterocycles. The molecule has 0 saturated carbocycles. The number of hydrogen-bond donors (Lipinski definition) is 3. The molecular formula is C19H15BrF3N3O2. The van der Waals surface area contributed by atoms with Crippen LogP contribution in [0, 0.1) is 0 Å². The minimum atomic E-state index is -4.49. The van der Waals surface area contributed by atoms with Crippen LogP contribution in [0.4, 0.5) is 24.7 Å². The van der Waals surface area contributed by atoms with Gasteiger partial charge >= 0.3 is 6.18 Å². The van der Waals surface area contributed by atoms with E-state index in [0.717, 1.165) is 28.1 Å². The summed E-state index contributed by atoms with van der Waals surface area (Å²) in [6.07, 6.45) is -4.49. The van der Waals surface area contributed by atoms with Gasteiger partial charge in [-0.1, -0.05) is 15.9 Å². The maximum atomic E-state index is 13.4. The van der Waals surface area contributed by atoms with Gasteiger partial charge in [0.15, 0.2) is 11.5 Å². The first-order valence-corrected chi connectivity index (χ1v) is 8.99. The van der Waals surface area contributed by atoms with Crippen LogP contribution in [-0.2, 0) is 6.18 Å². The number of benzene rings is 2. The van der Waals surface area contributed by atoms with Crippen molar-refractivity contribution in [2.24, 2.45) is 0 Å². The third-order valence-corrected chi connectivity index (χ3v) is 5.02. The van der Waals surface area contributed by atoms with E-state index in [1.165, 1.54) is 6.07 Å². The Morgan fingerprint density at radius 1 is 0.964 bits per heavy atom. The molecular weight excluding hydrogens is 439 g/mol. The minimum absolute atomic E-state index is 0.0479. The second-order valence-electron chi connectivity index (χ2n) is 6.17. The molecule has 28 heavy (non-hydrogen) atoms. The van der Waals surface area contributed by atoms with Crippen molar-refractivity contribution >= 4 is 38.2 Å². The van der Waals surface area contributed by atoms with Crippen LogP contribution < -0.4 is 14.8 Å². The molecule has 0 atom stereocenters. The third-order valence-electron chi connectivity index (χ3n) is 4.52. The van der Waals surface area contributed by atoms with Gasteiger partial charge in [-0.05, 0) is 41.8 Å². The molecule has 0 unspecified atom stereocenters. The zero-order valence-electron chi connectivity index (χ0n) is 14.8. The first-order valence-electron chi connectivity index (χ1n) is 8.20. The third kappa shape index (κ3) is 3.05. The van der Waals surface area contributed by atoms with Crippen molar-refractivity contribution in [2.45, 2.75) is 6.18 Å². The highest BCUT2D eigenvalue weighted by Gasteiger charge is 2.34. The fourth-order valence-corrected chi connectivity index (χ4v) is 3.58. The van der Waals surface area contributed by atoms with Gasteiger partial charge in [0.05, 0.1) is 31.2 Å². The number of nitrogens with one attached hydrogen (secondary N) is 3. The number of halogens is 4. The van der Waals surface area contributed by atoms with E-state index in [1.807, 2.05) is 18.2 Å². The van der Waals surface area contributed by atoms with E-state index >= 15 is 0 Å². The van der Waals surface area contributed by atoms with Crippen LogP contribution in [0.25, 0.3) is 22.0 Å². The number of hydrogen-bond acceptors (Lipinski definition) is 3. The van der Waals surface area contributed by atoms with Crippen molar-refractivity contribution in [2.75, 3.05) is 19.5 Å². The SMILES string of the molecule is COc1cc2cc3c(Nc4ccc(Br)cc4C(F)(F)F)[nH][nH]c-3c2cc1OC. The molecule has 3 N–H and O–H groups in total. The van der Waals surface area contributed by atoms with Crippen LogP contribution in [0.15, 0.2) is 40.9 Å². The topological polar surface area (TPSA) is 62.1 Å². The Morgan fingerprint density at radius 2 is 1.68 bits per heavy atom. The van der Waals surface area contributed by atoms with Crippen LogP contribution in [0.5, 0.6) is 11.5 Å². The smallest absolute Gasteiger partial charge is 0.418 e. The van der Waals surface area contributed by atoms with E-state index in [9.17, 15) is 13.2 Å². The summed E-state index contributed by atoms with van der Waals surface area (Å²) in [4.78, 5) is 0. The maximum absolute atomic E-state index is 13.4. The van der Waals surface area contributed by atoms with Gasteiger partial charge < -0.3 is 14.8 Å². The quantitative estimate of drug-likeness (QED) is 0.347. The Labute approximate surface area is 166 Å². The summed E-state index contributed by atoms with van der Waals surface area (Å²) in [5, 5.41) is 10.5. The van der Waals surface area contributed by atoms with Crippen LogP contribution in [0.2, 0.25) is 0 Å². The molecule has 0 amide bonds. The Kier molecular flexibility index (Phi) is 4.41. The molecule has 0 aromatic heterocycles. The summed E-state index contributed by atoms with van der Waals surface area (Å²) in [5.41, 5.74) is 0.669. The lowest BCUT2D eigenvalue weighted by Crippen LogP contribution is -2.09. The molecule has 2 aromatic carbocycles. The van der Waals surface area contributed by atoms with Gasteiger partial charge in [-0.2, -0.15) is 13.2 Å². The number of H-pyrrole nitrogens is 2. The summed E-state index contributed by atoms with van der Waals surface area (Å²) in [7, 11) is 3.09. The van der Waals surface area contributed by atoms with Gasteiger partial charge in [0.25, 0.3) is 0 Å². The highest BCUT2D eigenvalue weighted by Crippen LogP contribution is 2.44. The van der Waals surface area contributed by atoms with E-state index in [0.29, 0.717) is 21.8 Å². The van der Waals surface area contributed by atoms with Crippen molar-refractivity contribution in [3.63, 3.8) is 0 Å². The summed E-state index contributed by atoms with van der Waals surface area (Å²) >= 11 is 3.09. The van der Waals surface area contributed by atoms with Crippen molar-refractivity contribution < 1.29 is 22.6 Å². The van der Waals surface area contributed by atoms with E-state index in [-0.39, 0.29) is 5.69 Å². The number of alkyl halides is 3. The first kappa shape index (κ1) is 18.5. The lowest BCUT2D eigenvalue weighted by atomic mass is 10.1. The molecule has 5 nitrogen and oxygen atoms in total. The monoisotopic (exact) mass is 453 g/mol. The van der Waals surface area contributed by atoms with Crippen LogP contribution in [0.3, 0.4) is 0 Å². The standard InChI is InChI=1S/C19H15BrF3N3O2/c1-27-15-6-9-5-12-17(11(9)8-16(15)28-2)25-26-18(12)24-14-4-3-10(20)7-13(14)19(21,22)23/h3-8,24-26H,1-2H3. The molecule has 9 heteroatoms. The number of aromatic nitrogens is 2. The van der Waals surface area contributed by atoms with Crippen molar-refractivity contribution in [1.29, 1.82) is 0 Å². The lowest BCUT2D eigenvalue weighted by Gasteiger charge is -2.14. The Balaban J connectivity index is 1.79. The molecule has 2 aromatic rings. The summed E-state index contributed by atoms with van der Waals surface area (Å²) in [6.45, 7) is 0.